The molecule has 0 radical (unpaired) electrons. The second-order valence-corrected chi connectivity index (χ2v) is 5.62. The van der Waals surface area contributed by atoms with E-state index >= 15 is 0 Å². The average molecular weight is 275 g/mol. The number of hydrogen-bond acceptors (Lipinski definition) is 6. The number of likely N-dealkylation sites (tertiary alicyclic amines) is 1. The van der Waals surface area contributed by atoms with Crippen LogP contribution in [0, 0.1) is 0 Å². The van der Waals surface area contributed by atoms with Gasteiger partial charge in [-0.1, -0.05) is 0 Å². The van der Waals surface area contributed by atoms with E-state index in [4.69, 9.17) is 4.74 Å². The molecule has 19 heavy (non-hydrogen) atoms. The van der Waals surface area contributed by atoms with E-state index in [1.807, 2.05) is 0 Å². The zero-order chi connectivity index (χ0) is 14.8. The lowest BCUT2D eigenvalue weighted by molar-refractivity contribution is -0.184. The largest absolute Gasteiger partial charge is 0.467 e. The van der Waals surface area contributed by atoms with Gasteiger partial charge < -0.3 is 24.6 Å². The number of carbonyl (C=O) groups excluding carboxylic acids is 2. The van der Waals surface area contributed by atoms with Crippen LogP contribution in [-0.4, -0.2) is 64.7 Å². The predicted molar refractivity (Wildman–Crippen MR) is 65.4 cm³/mol. The molecule has 0 saturated carbocycles. The second kappa shape index (κ2) is 5.34. The maximum absolute atomic E-state index is 11.9. The summed E-state index contributed by atoms with van der Waals surface area (Å²) in [4.78, 5) is 24.6. The van der Waals surface area contributed by atoms with Crippen molar-refractivity contribution >= 4 is 12.1 Å². The molecule has 1 aliphatic rings. The van der Waals surface area contributed by atoms with Gasteiger partial charge >= 0.3 is 12.1 Å². The van der Waals surface area contributed by atoms with Crippen LogP contribution in [-0.2, 0) is 14.3 Å². The summed E-state index contributed by atoms with van der Waals surface area (Å²) < 4.78 is 9.63. The molecule has 0 bridgehead atoms. The van der Waals surface area contributed by atoms with Crippen molar-refractivity contribution < 1.29 is 29.3 Å². The predicted octanol–water partition coefficient (Wildman–Crippen LogP) is -0.108. The van der Waals surface area contributed by atoms with E-state index in [1.54, 1.807) is 20.8 Å². The molecule has 1 fully saturated rings. The van der Waals surface area contributed by atoms with E-state index in [9.17, 15) is 19.8 Å². The number of piperidine rings is 1. The SMILES string of the molecule is COC(=O)[C@]1(O)CN(C(=O)OC(C)(C)C)CC[C@H]1O. The molecule has 0 aromatic rings. The third-order valence-electron chi connectivity index (χ3n) is 2.85. The summed E-state index contributed by atoms with van der Waals surface area (Å²) in [5, 5.41) is 19.9. The Labute approximate surface area is 112 Å². The number of carbonyl (C=O) groups is 2. The topological polar surface area (TPSA) is 96.3 Å². The van der Waals surface area contributed by atoms with Crippen LogP contribution in [0.15, 0.2) is 0 Å². The molecular formula is C12H21NO6. The summed E-state index contributed by atoms with van der Waals surface area (Å²) in [6.07, 6.45) is -1.83. The summed E-state index contributed by atoms with van der Waals surface area (Å²) in [6, 6.07) is 0. The van der Waals surface area contributed by atoms with Gasteiger partial charge in [0.05, 0.1) is 19.8 Å². The molecule has 2 N–H and O–H groups in total. The van der Waals surface area contributed by atoms with E-state index in [2.05, 4.69) is 4.74 Å². The highest BCUT2D eigenvalue weighted by atomic mass is 16.6. The molecular weight excluding hydrogens is 254 g/mol. The van der Waals surface area contributed by atoms with Crippen molar-refractivity contribution in [2.75, 3.05) is 20.2 Å². The van der Waals surface area contributed by atoms with Gasteiger partial charge in [-0.3, -0.25) is 0 Å². The number of aliphatic hydroxyl groups is 2. The third kappa shape index (κ3) is 3.57. The quantitative estimate of drug-likeness (QED) is 0.648. The Morgan fingerprint density at radius 1 is 1.37 bits per heavy atom. The molecule has 2 atom stereocenters. The first-order valence-corrected chi connectivity index (χ1v) is 6.07. The molecule has 0 unspecified atom stereocenters. The van der Waals surface area contributed by atoms with Crippen molar-refractivity contribution in [3.05, 3.63) is 0 Å². The minimum atomic E-state index is -2.11. The van der Waals surface area contributed by atoms with Gasteiger partial charge in [0, 0.05) is 6.54 Å². The number of aliphatic hydroxyl groups excluding tert-OH is 1. The Hall–Kier alpha value is -1.34. The Bertz CT molecular complexity index is 364. The molecule has 110 valence electrons. The smallest absolute Gasteiger partial charge is 0.410 e. The highest BCUT2D eigenvalue weighted by Gasteiger charge is 2.50. The monoisotopic (exact) mass is 275 g/mol. The molecule has 1 rings (SSSR count). The van der Waals surface area contributed by atoms with Crippen molar-refractivity contribution in [1.29, 1.82) is 0 Å². The molecule has 1 saturated heterocycles. The molecule has 7 heteroatoms. The highest BCUT2D eigenvalue weighted by Crippen LogP contribution is 2.24. The van der Waals surface area contributed by atoms with Gasteiger partial charge in [0.2, 0.25) is 5.60 Å². The van der Waals surface area contributed by atoms with E-state index < -0.39 is 29.4 Å². The number of hydrogen-bond donors (Lipinski definition) is 2. The number of rotatable bonds is 1. The van der Waals surface area contributed by atoms with Crippen LogP contribution in [0.2, 0.25) is 0 Å². The van der Waals surface area contributed by atoms with Gasteiger partial charge in [-0.2, -0.15) is 0 Å². The van der Waals surface area contributed by atoms with E-state index in [0.717, 1.165) is 7.11 Å². The summed E-state index contributed by atoms with van der Waals surface area (Å²) in [6.45, 7) is 5.01. The van der Waals surface area contributed by atoms with Gasteiger partial charge in [-0.25, -0.2) is 9.59 Å². The normalized spacial score (nSPS) is 27.9. The van der Waals surface area contributed by atoms with Gasteiger partial charge in [-0.05, 0) is 27.2 Å². The van der Waals surface area contributed by atoms with Crippen molar-refractivity contribution in [3.63, 3.8) is 0 Å². The first kappa shape index (κ1) is 15.7. The fraction of sp³-hybridized carbons (Fsp3) is 0.833. The van der Waals surface area contributed by atoms with Crippen molar-refractivity contribution in [2.45, 2.75) is 44.5 Å². The number of β-amino-alcohol motifs (C(OH)–C–C–N with tert-alkyl or cyclic N) is 1. The van der Waals surface area contributed by atoms with Crippen LogP contribution in [0.25, 0.3) is 0 Å². The minimum absolute atomic E-state index is 0.0742. The molecule has 1 amide bonds. The highest BCUT2D eigenvalue weighted by molar-refractivity contribution is 5.81. The van der Waals surface area contributed by atoms with Crippen LogP contribution in [0.1, 0.15) is 27.2 Å². The molecule has 0 spiro atoms. The van der Waals surface area contributed by atoms with Gasteiger partial charge in [0.15, 0.2) is 0 Å². The lowest BCUT2D eigenvalue weighted by Crippen LogP contribution is -2.63. The summed E-state index contributed by atoms with van der Waals surface area (Å²) in [5.41, 5.74) is -2.78. The van der Waals surface area contributed by atoms with E-state index in [-0.39, 0.29) is 19.5 Å². The van der Waals surface area contributed by atoms with Crippen molar-refractivity contribution in [2.24, 2.45) is 0 Å². The molecule has 0 aromatic heterocycles. The molecule has 0 aromatic carbocycles. The zero-order valence-corrected chi connectivity index (χ0v) is 11.7. The van der Waals surface area contributed by atoms with Gasteiger partial charge in [0.1, 0.15) is 5.60 Å². The number of methoxy groups -OCH3 is 1. The fourth-order valence-electron chi connectivity index (χ4n) is 1.85. The Balaban J connectivity index is 2.80. The second-order valence-electron chi connectivity index (χ2n) is 5.62. The summed E-state index contributed by atoms with van der Waals surface area (Å²) >= 11 is 0. The zero-order valence-electron chi connectivity index (χ0n) is 11.7. The summed E-state index contributed by atoms with van der Waals surface area (Å²) in [7, 11) is 1.11. The number of ether oxygens (including phenoxy) is 2. The molecule has 1 heterocycles. The lowest BCUT2D eigenvalue weighted by Gasteiger charge is -2.40. The first-order valence-electron chi connectivity index (χ1n) is 6.07. The first-order chi connectivity index (χ1) is 8.60. The minimum Gasteiger partial charge on any atom is -0.467 e. The van der Waals surface area contributed by atoms with Crippen LogP contribution in [0.5, 0.6) is 0 Å². The van der Waals surface area contributed by atoms with Crippen molar-refractivity contribution in [3.8, 4) is 0 Å². The average Bonchev–Trinajstić information content (AvgIpc) is 2.29. The Kier molecular flexibility index (Phi) is 4.42. The number of nitrogens with zero attached hydrogens (tertiary/aromatic N) is 1. The number of amides is 1. The van der Waals surface area contributed by atoms with Gasteiger partial charge in [0.25, 0.3) is 0 Å². The fourth-order valence-corrected chi connectivity index (χ4v) is 1.85. The maximum atomic E-state index is 11.9. The van der Waals surface area contributed by atoms with Crippen LogP contribution < -0.4 is 0 Å². The molecule has 0 aliphatic carbocycles. The van der Waals surface area contributed by atoms with E-state index in [1.165, 1.54) is 4.90 Å². The number of esters is 1. The van der Waals surface area contributed by atoms with Crippen LogP contribution in [0.3, 0.4) is 0 Å². The standard InChI is InChI=1S/C12H21NO6/c1-11(2,3)19-10(16)13-6-5-8(14)12(17,7-13)9(15)18-4/h8,14,17H,5-7H2,1-4H3/t8-,12+/m1/s1. The summed E-state index contributed by atoms with van der Waals surface area (Å²) in [5.74, 6) is -0.965. The molecule has 7 nitrogen and oxygen atoms in total. The van der Waals surface area contributed by atoms with Crippen molar-refractivity contribution in [1.82, 2.24) is 4.90 Å². The van der Waals surface area contributed by atoms with Crippen LogP contribution in [0.4, 0.5) is 4.79 Å². The maximum Gasteiger partial charge on any atom is 0.410 e. The Morgan fingerprint density at radius 2 is 1.95 bits per heavy atom. The third-order valence-corrected chi connectivity index (χ3v) is 2.85. The van der Waals surface area contributed by atoms with E-state index in [0.29, 0.717) is 0 Å². The Morgan fingerprint density at radius 3 is 2.42 bits per heavy atom. The lowest BCUT2D eigenvalue weighted by atomic mass is 9.90. The van der Waals surface area contributed by atoms with Crippen LogP contribution >= 0.6 is 0 Å². The van der Waals surface area contributed by atoms with Gasteiger partial charge in [-0.15, -0.1) is 0 Å². The molecule has 1 aliphatic heterocycles.